The number of rotatable bonds is 5. The zero-order valence-corrected chi connectivity index (χ0v) is 9.03. The molecule has 0 aliphatic carbocycles. The molecule has 76 valence electrons. The van der Waals surface area contributed by atoms with Gasteiger partial charge in [0.15, 0.2) is 0 Å². The molecule has 5 heteroatoms. The van der Waals surface area contributed by atoms with Gasteiger partial charge in [0, 0.05) is 0 Å². The van der Waals surface area contributed by atoms with Crippen molar-refractivity contribution in [2.75, 3.05) is 6.61 Å². The third-order valence-electron chi connectivity index (χ3n) is 1.30. The lowest BCUT2D eigenvalue weighted by atomic mass is 10.2. The van der Waals surface area contributed by atoms with Crippen molar-refractivity contribution in [3.05, 3.63) is 0 Å². The normalized spacial score (nSPS) is 14.4. The summed E-state index contributed by atoms with van der Waals surface area (Å²) in [5, 5.41) is -0.185. The molecular formula is C8H13ClO3S. The van der Waals surface area contributed by atoms with Crippen LogP contribution >= 0.6 is 11.6 Å². The van der Waals surface area contributed by atoms with Gasteiger partial charge >= 0.3 is 11.4 Å². The fourth-order valence-electron chi connectivity index (χ4n) is 0.688. The predicted molar refractivity (Wildman–Crippen MR) is 53.7 cm³/mol. The van der Waals surface area contributed by atoms with Crippen molar-refractivity contribution in [3.8, 4) is 11.8 Å². The molecule has 1 N–H and O–H groups in total. The first-order valence-corrected chi connectivity index (χ1v) is 5.50. The maximum absolute atomic E-state index is 10.0. The highest BCUT2D eigenvalue weighted by Crippen LogP contribution is 2.05. The molecule has 0 amide bonds. The fourth-order valence-corrected chi connectivity index (χ4v) is 1.08. The standard InChI is InChI=1S/C8H13ClO3S/c1-2-3-5-8(9)6-4-7-12-13(10)11/h8H,2-3,5,7H2,1H3,(H,10,11). The van der Waals surface area contributed by atoms with Gasteiger partial charge in [-0.1, -0.05) is 31.6 Å². The van der Waals surface area contributed by atoms with Crippen LogP contribution in [-0.2, 0) is 15.5 Å². The van der Waals surface area contributed by atoms with Gasteiger partial charge in [0.25, 0.3) is 0 Å². The van der Waals surface area contributed by atoms with Crippen LogP contribution in [0.15, 0.2) is 0 Å². The monoisotopic (exact) mass is 224 g/mol. The summed E-state index contributed by atoms with van der Waals surface area (Å²) in [6.07, 6.45) is 2.96. The van der Waals surface area contributed by atoms with E-state index in [1.165, 1.54) is 0 Å². The molecule has 0 saturated carbocycles. The predicted octanol–water partition coefficient (Wildman–Crippen LogP) is 1.94. The van der Waals surface area contributed by atoms with Gasteiger partial charge in [0.1, 0.15) is 6.61 Å². The van der Waals surface area contributed by atoms with Crippen molar-refractivity contribution in [2.45, 2.75) is 31.6 Å². The molecule has 0 bridgehead atoms. The second-order valence-corrected chi connectivity index (χ2v) is 3.61. The molecule has 0 rings (SSSR count). The summed E-state index contributed by atoms with van der Waals surface area (Å²) < 4.78 is 22.5. The lowest BCUT2D eigenvalue weighted by Gasteiger charge is -1.97. The number of hydrogen-bond donors (Lipinski definition) is 1. The van der Waals surface area contributed by atoms with Gasteiger partial charge in [-0.3, -0.25) is 8.74 Å². The van der Waals surface area contributed by atoms with Gasteiger partial charge in [-0.2, -0.15) is 4.21 Å². The summed E-state index contributed by atoms with van der Waals surface area (Å²) in [4.78, 5) is 0. The van der Waals surface area contributed by atoms with Crippen molar-refractivity contribution < 1.29 is 12.9 Å². The van der Waals surface area contributed by atoms with Crippen LogP contribution in [0.25, 0.3) is 0 Å². The highest BCUT2D eigenvalue weighted by Gasteiger charge is 1.97. The number of halogens is 1. The van der Waals surface area contributed by atoms with E-state index in [1.54, 1.807) is 0 Å². The molecular weight excluding hydrogens is 212 g/mol. The third kappa shape index (κ3) is 9.84. The Hall–Kier alpha value is -0.0800. The molecule has 2 atom stereocenters. The maximum Gasteiger partial charge on any atom is 0.302 e. The Morgan fingerprint density at radius 3 is 2.92 bits per heavy atom. The molecule has 0 aliphatic rings. The minimum Gasteiger partial charge on any atom is -0.284 e. The van der Waals surface area contributed by atoms with Crippen LogP contribution < -0.4 is 0 Å². The van der Waals surface area contributed by atoms with Crippen LogP contribution in [0.2, 0.25) is 0 Å². The van der Waals surface area contributed by atoms with Crippen LogP contribution in [0.1, 0.15) is 26.2 Å². The minimum absolute atomic E-state index is 0.0571. The summed E-state index contributed by atoms with van der Waals surface area (Å²) in [5.41, 5.74) is 0. The van der Waals surface area contributed by atoms with E-state index >= 15 is 0 Å². The highest BCUT2D eigenvalue weighted by molar-refractivity contribution is 7.74. The smallest absolute Gasteiger partial charge is 0.284 e. The van der Waals surface area contributed by atoms with Crippen LogP contribution in [0.4, 0.5) is 0 Å². The van der Waals surface area contributed by atoms with E-state index in [1.807, 2.05) is 0 Å². The van der Waals surface area contributed by atoms with E-state index in [0.717, 1.165) is 19.3 Å². The molecule has 0 aromatic rings. The molecule has 0 radical (unpaired) electrons. The van der Waals surface area contributed by atoms with Crippen LogP contribution in [0.3, 0.4) is 0 Å². The first-order valence-electron chi connectivity index (χ1n) is 4.03. The van der Waals surface area contributed by atoms with Gasteiger partial charge < -0.3 is 0 Å². The third-order valence-corrected chi connectivity index (χ3v) is 1.95. The van der Waals surface area contributed by atoms with Crippen molar-refractivity contribution in [3.63, 3.8) is 0 Å². The molecule has 0 aromatic carbocycles. The molecule has 0 fully saturated rings. The Bertz CT molecular complexity index is 209. The molecule has 0 heterocycles. The van der Waals surface area contributed by atoms with Gasteiger partial charge in [0.05, 0.1) is 5.38 Å². The lowest BCUT2D eigenvalue weighted by Crippen LogP contribution is -1.97. The fraction of sp³-hybridized carbons (Fsp3) is 0.750. The van der Waals surface area contributed by atoms with Crippen molar-refractivity contribution in [2.24, 2.45) is 0 Å². The van der Waals surface area contributed by atoms with Crippen LogP contribution in [0, 0.1) is 11.8 Å². The summed E-state index contributed by atoms with van der Waals surface area (Å²) in [6.45, 7) is 2.02. The number of unbranched alkanes of at least 4 members (excludes halogenated alkanes) is 1. The van der Waals surface area contributed by atoms with E-state index in [-0.39, 0.29) is 12.0 Å². The Labute approximate surface area is 86.3 Å². The Morgan fingerprint density at radius 2 is 2.38 bits per heavy atom. The van der Waals surface area contributed by atoms with Crippen molar-refractivity contribution >= 4 is 23.0 Å². The zero-order chi connectivity index (χ0) is 10.1. The average molecular weight is 225 g/mol. The van der Waals surface area contributed by atoms with Crippen LogP contribution in [-0.4, -0.2) is 20.7 Å². The average Bonchev–Trinajstić information content (AvgIpc) is 2.08. The first kappa shape index (κ1) is 12.9. The van der Waals surface area contributed by atoms with Gasteiger partial charge in [-0.25, -0.2) is 0 Å². The molecule has 13 heavy (non-hydrogen) atoms. The van der Waals surface area contributed by atoms with E-state index in [0.29, 0.717) is 0 Å². The Balaban J connectivity index is 3.50. The Kier molecular flexibility index (Phi) is 8.46. The molecule has 0 saturated heterocycles. The quantitative estimate of drug-likeness (QED) is 0.441. The molecule has 3 nitrogen and oxygen atoms in total. The maximum atomic E-state index is 10.0. The molecule has 0 aromatic heterocycles. The second-order valence-electron chi connectivity index (χ2n) is 2.41. The summed E-state index contributed by atoms with van der Waals surface area (Å²) in [6, 6.07) is 0. The van der Waals surface area contributed by atoms with E-state index in [4.69, 9.17) is 16.2 Å². The zero-order valence-electron chi connectivity index (χ0n) is 7.46. The van der Waals surface area contributed by atoms with Crippen molar-refractivity contribution in [1.82, 2.24) is 0 Å². The summed E-state index contributed by atoms with van der Waals surface area (Å²) in [5.74, 6) is 5.29. The first-order chi connectivity index (χ1) is 6.16. The van der Waals surface area contributed by atoms with E-state index in [9.17, 15) is 4.21 Å². The number of hydrogen-bond acceptors (Lipinski definition) is 2. The lowest BCUT2D eigenvalue weighted by molar-refractivity contribution is 0.348. The van der Waals surface area contributed by atoms with Gasteiger partial charge in [-0.05, 0) is 6.42 Å². The van der Waals surface area contributed by atoms with E-state index in [2.05, 4.69) is 22.9 Å². The minimum atomic E-state index is -2.23. The number of alkyl halides is 1. The topological polar surface area (TPSA) is 46.5 Å². The van der Waals surface area contributed by atoms with Crippen molar-refractivity contribution in [1.29, 1.82) is 0 Å². The largest absolute Gasteiger partial charge is 0.302 e. The van der Waals surface area contributed by atoms with Crippen LogP contribution in [0.5, 0.6) is 0 Å². The SMILES string of the molecule is CCCCC(Cl)C#CCOS(=O)O. The summed E-state index contributed by atoms with van der Waals surface area (Å²) >= 11 is 3.58. The molecule has 0 spiro atoms. The van der Waals surface area contributed by atoms with Gasteiger partial charge in [-0.15, -0.1) is 11.6 Å². The van der Waals surface area contributed by atoms with E-state index < -0.39 is 11.4 Å². The Morgan fingerprint density at radius 1 is 1.69 bits per heavy atom. The second kappa shape index (κ2) is 8.52. The molecule has 2 unspecified atom stereocenters. The highest BCUT2D eigenvalue weighted by atomic mass is 35.5. The summed E-state index contributed by atoms with van der Waals surface area (Å²) in [7, 11) is 0. The van der Waals surface area contributed by atoms with Gasteiger partial charge in [0.2, 0.25) is 0 Å². The molecule has 0 aliphatic heterocycles.